The van der Waals surface area contributed by atoms with Gasteiger partial charge < -0.3 is 10.0 Å². The summed E-state index contributed by atoms with van der Waals surface area (Å²) in [5, 5.41) is 0. The first-order valence-electron chi connectivity index (χ1n) is 0.683. The molecule has 0 spiro atoms. The Morgan fingerprint density at radius 3 is 1.38 bits per heavy atom. The average molecular weight is 208 g/mol. The Kier molecular flexibility index (Phi) is 25.3. The van der Waals surface area contributed by atoms with Crippen LogP contribution in [0.4, 0.5) is 0 Å². The summed E-state index contributed by atoms with van der Waals surface area (Å²) in [5.74, 6) is 0. The van der Waals surface area contributed by atoms with Crippen LogP contribution >= 0.6 is 0 Å². The number of hydrogen-bond acceptors (Lipinski definition) is 3. The van der Waals surface area contributed by atoms with Gasteiger partial charge in [-0.15, -0.1) is 0 Å². The quantitative estimate of drug-likeness (QED) is 0.248. The second kappa shape index (κ2) is 8.99. The van der Waals surface area contributed by atoms with E-state index in [2.05, 4.69) is 0 Å². The van der Waals surface area contributed by atoms with Crippen LogP contribution in [-0.4, -0.2) is 17.5 Å². The molecule has 0 bridgehead atoms. The third-order valence-corrected chi connectivity index (χ3v) is 0. The predicted octanol–water partition coefficient (Wildman–Crippen LogP) is -4.11. The van der Waals surface area contributed by atoms with E-state index in [-0.39, 0.29) is 73.9 Å². The van der Waals surface area contributed by atoms with Gasteiger partial charge in [-0.1, -0.05) is 0 Å². The molecule has 46 valence electrons. The van der Waals surface area contributed by atoms with Crippen molar-refractivity contribution in [1.82, 2.24) is 0 Å². The molecule has 8 heavy (non-hydrogen) atoms. The molecule has 0 saturated carbocycles. The van der Waals surface area contributed by atoms with E-state index in [9.17, 15) is 0 Å². The molecule has 8 heteroatoms. The van der Waals surface area contributed by atoms with E-state index < -0.39 is 10.4 Å². The third kappa shape index (κ3) is 98.8. The van der Waals surface area contributed by atoms with Crippen LogP contribution in [0.1, 0.15) is 0 Å². The third-order valence-electron chi connectivity index (χ3n) is 0. The topological polar surface area (TPSA) is 106 Å². The zero-order valence-electron chi connectivity index (χ0n) is 3.84. The summed E-state index contributed by atoms with van der Waals surface area (Å²) in [5.41, 5.74) is 0. The van der Waals surface area contributed by atoms with Gasteiger partial charge >= 0.3 is 68.5 Å². The Hall–Kier alpha value is 1.99. The molecule has 0 aromatic rings. The Bertz CT molecular complexity index is 95.6. The molecule has 5 nitrogen and oxygen atoms in total. The molecule has 0 unspecified atom stereocenters. The maximum atomic E-state index is 8.63. The summed E-state index contributed by atoms with van der Waals surface area (Å²) in [6.45, 7) is 0. The van der Waals surface area contributed by atoms with Crippen LogP contribution in [0, 0.1) is 0 Å². The summed E-state index contributed by atoms with van der Waals surface area (Å²) in [6.07, 6.45) is 0. The summed E-state index contributed by atoms with van der Waals surface area (Å²) >= 11 is 0. The molecular formula is HFeKO5S. The molecule has 0 aliphatic heterocycles. The van der Waals surface area contributed by atoms with Crippen molar-refractivity contribution in [3.8, 4) is 0 Å². The van der Waals surface area contributed by atoms with Gasteiger partial charge in [-0.25, -0.2) is 8.42 Å². The first-order valence-corrected chi connectivity index (χ1v) is 2.05. The first-order chi connectivity index (χ1) is 2.00. The van der Waals surface area contributed by atoms with Crippen LogP contribution in [0.2, 0.25) is 0 Å². The van der Waals surface area contributed by atoms with E-state index in [1.54, 1.807) is 0 Å². The van der Waals surface area contributed by atoms with Crippen molar-refractivity contribution in [1.29, 1.82) is 0 Å². The van der Waals surface area contributed by atoms with Crippen molar-refractivity contribution in [2.75, 3.05) is 0 Å². The van der Waals surface area contributed by atoms with Gasteiger partial charge in [0.2, 0.25) is 10.4 Å². The van der Waals surface area contributed by atoms with Crippen LogP contribution in [0.3, 0.4) is 0 Å². The molecule has 0 amide bonds. The van der Waals surface area contributed by atoms with E-state index in [4.69, 9.17) is 17.5 Å². The smallest absolute Gasteiger partial charge is 2.00 e. The Labute approximate surface area is 100 Å². The van der Waals surface area contributed by atoms with E-state index in [1.165, 1.54) is 0 Å². The summed E-state index contributed by atoms with van der Waals surface area (Å²) in [4.78, 5) is 0. The van der Waals surface area contributed by atoms with Gasteiger partial charge in [0.05, 0.1) is 0 Å². The van der Waals surface area contributed by atoms with Crippen LogP contribution in [0.25, 0.3) is 0 Å². The molecule has 0 aliphatic carbocycles. The van der Waals surface area contributed by atoms with Gasteiger partial charge in [-0.05, 0) is 0 Å². The summed E-state index contributed by atoms with van der Waals surface area (Å²) in [7, 11) is -4.92. The van der Waals surface area contributed by atoms with E-state index in [0.717, 1.165) is 0 Å². The molecule has 0 aliphatic rings. The first kappa shape index (κ1) is 22.5. The molecule has 0 saturated heterocycles. The van der Waals surface area contributed by atoms with Gasteiger partial charge in [-0.2, -0.15) is 0 Å². The van der Waals surface area contributed by atoms with Crippen LogP contribution in [0.15, 0.2) is 0 Å². The molecule has 1 N–H and O–H groups in total. The van der Waals surface area contributed by atoms with Crippen molar-refractivity contribution in [3.63, 3.8) is 0 Å². The Balaban J connectivity index is -0.0000000267. The van der Waals surface area contributed by atoms with Crippen LogP contribution < -0.4 is 51.4 Å². The zero-order valence-corrected chi connectivity index (χ0v) is 8.89. The molecule has 0 atom stereocenters. The molecule has 0 aromatic carbocycles. The predicted molar refractivity (Wildman–Crippen MR) is 13.0 cm³/mol. The summed E-state index contributed by atoms with van der Waals surface area (Å²) in [6, 6.07) is 0. The second-order valence-electron chi connectivity index (χ2n) is 0.428. The molecule has 0 heterocycles. The van der Waals surface area contributed by atoms with Crippen LogP contribution in [0.5, 0.6) is 0 Å². The standard InChI is InChI=1S/Fe.K.H2O4S.O/c;;1-5(2,3)4;/h;;(H2,1,2,3,4);/q+2;+1;;-2/p-1. The van der Waals surface area contributed by atoms with E-state index in [1.807, 2.05) is 0 Å². The second-order valence-corrected chi connectivity index (χ2v) is 1.28. The molecular weight excluding hydrogens is 207 g/mol. The van der Waals surface area contributed by atoms with E-state index in [0.29, 0.717) is 0 Å². The van der Waals surface area contributed by atoms with Crippen molar-refractivity contribution >= 4 is 10.4 Å². The number of rotatable bonds is 0. The minimum absolute atomic E-state index is 0. The van der Waals surface area contributed by atoms with Crippen molar-refractivity contribution < 1.29 is 91.5 Å². The zero-order chi connectivity index (χ0) is 4.50. The minimum atomic E-state index is -4.92. The molecule has 0 radical (unpaired) electrons. The monoisotopic (exact) mass is 208 g/mol. The maximum Gasteiger partial charge on any atom is 2.00 e. The van der Waals surface area contributed by atoms with Crippen molar-refractivity contribution in [2.24, 2.45) is 0 Å². The maximum absolute atomic E-state index is 8.63. The van der Waals surface area contributed by atoms with Crippen molar-refractivity contribution in [3.05, 3.63) is 0 Å². The van der Waals surface area contributed by atoms with Gasteiger partial charge in [0.25, 0.3) is 0 Å². The number of hydrogen-bond donors (Lipinski definition) is 1. The van der Waals surface area contributed by atoms with E-state index >= 15 is 0 Å². The Morgan fingerprint density at radius 2 is 1.38 bits per heavy atom. The van der Waals surface area contributed by atoms with Gasteiger partial charge in [0.1, 0.15) is 0 Å². The fourth-order valence-electron chi connectivity index (χ4n) is 0. The average Bonchev–Trinajstić information content (AvgIpc) is 0.722. The van der Waals surface area contributed by atoms with Crippen molar-refractivity contribution in [2.45, 2.75) is 0 Å². The minimum Gasteiger partial charge on any atom is -2.00 e. The molecule has 0 aromatic heterocycles. The van der Waals surface area contributed by atoms with Gasteiger partial charge in [0, 0.05) is 0 Å². The SMILES string of the molecule is O=S(=O)([O-])O.[Fe+2].[K+].[O-2]. The largest absolute Gasteiger partial charge is 2.00 e. The normalized spacial score (nSPS) is 7.25. The van der Waals surface area contributed by atoms with Gasteiger partial charge in [0.15, 0.2) is 0 Å². The molecule has 0 fully saturated rings. The summed E-state index contributed by atoms with van der Waals surface area (Å²) < 4.78 is 32.8. The Morgan fingerprint density at radius 1 is 1.38 bits per heavy atom. The van der Waals surface area contributed by atoms with Gasteiger partial charge in [-0.3, -0.25) is 4.55 Å². The van der Waals surface area contributed by atoms with Crippen LogP contribution in [-0.2, 0) is 32.9 Å². The fraction of sp³-hybridized carbons (Fsp3) is 0. The fourth-order valence-corrected chi connectivity index (χ4v) is 0. The molecule has 0 rings (SSSR count).